The van der Waals surface area contributed by atoms with Gasteiger partial charge >= 0.3 is 6.18 Å². The summed E-state index contributed by atoms with van der Waals surface area (Å²) in [6, 6.07) is 11.1. The number of rotatable bonds is 7. The van der Waals surface area contributed by atoms with Gasteiger partial charge < -0.3 is 5.32 Å². The van der Waals surface area contributed by atoms with E-state index in [1.807, 2.05) is 18.2 Å². The van der Waals surface area contributed by atoms with E-state index in [9.17, 15) is 18.0 Å². The molecule has 0 bridgehead atoms. The molecule has 158 valence electrons. The zero-order valence-corrected chi connectivity index (χ0v) is 17.6. The number of nitrogens with one attached hydrogen (secondary N) is 1. The van der Waals surface area contributed by atoms with Crippen LogP contribution in [0.4, 0.5) is 18.9 Å². The summed E-state index contributed by atoms with van der Waals surface area (Å²) in [5.74, 6) is 0.400. The van der Waals surface area contributed by atoms with E-state index in [-0.39, 0.29) is 24.3 Å². The first-order valence-corrected chi connectivity index (χ1v) is 9.76. The smallest absolute Gasteiger partial charge is 0.324 e. The van der Waals surface area contributed by atoms with Crippen molar-refractivity contribution in [1.29, 1.82) is 0 Å². The highest BCUT2D eigenvalue weighted by molar-refractivity contribution is 5.94. The van der Waals surface area contributed by atoms with Crippen LogP contribution in [0, 0.1) is 0 Å². The van der Waals surface area contributed by atoms with Crippen molar-refractivity contribution in [3.8, 4) is 0 Å². The van der Waals surface area contributed by atoms with Crippen LogP contribution in [0.5, 0.6) is 0 Å². The number of hydrogen-bond acceptors (Lipinski definition) is 2. The molecule has 0 aliphatic rings. The molecule has 0 unspecified atom stereocenters. The third-order valence-corrected chi connectivity index (χ3v) is 4.78. The van der Waals surface area contributed by atoms with E-state index in [0.29, 0.717) is 6.54 Å². The maximum absolute atomic E-state index is 12.7. The van der Waals surface area contributed by atoms with Gasteiger partial charge in [-0.3, -0.25) is 9.69 Å². The molecule has 0 aliphatic carbocycles. The largest absolute Gasteiger partial charge is 0.416 e. The third-order valence-electron chi connectivity index (χ3n) is 4.78. The van der Waals surface area contributed by atoms with Crippen molar-refractivity contribution in [2.75, 3.05) is 18.9 Å². The standard InChI is InChI=1S/C23H29F3N2O/c1-15(2)19-7-6-8-20(16(3)4)22(19)27-21(29)14-28(5)13-17-9-11-18(12-10-17)23(24,25)26/h6-12,15-16H,13-14H2,1-5H3,(H,27,29). The van der Waals surface area contributed by atoms with Gasteiger partial charge in [0.05, 0.1) is 12.1 Å². The van der Waals surface area contributed by atoms with E-state index in [1.54, 1.807) is 11.9 Å². The van der Waals surface area contributed by atoms with E-state index in [4.69, 9.17) is 0 Å². The van der Waals surface area contributed by atoms with Gasteiger partial charge in [-0.1, -0.05) is 58.0 Å². The minimum Gasteiger partial charge on any atom is -0.324 e. The second kappa shape index (κ2) is 9.44. The Morgan fingerprint density at radius 3 is 1.93 bits per heavy atom. The lowest BCUT2D eigenvalue weighted by Gasteiger charge is -2.22. The van der Waals surface area contributed by atoms with Crippen molar-refractivity contribution >= 4 is 11.6 Å². The van der Waals surface area contributed by atoms with Crippen LogP contribution in [0.2, 0.25) is 0 Å². The van der Waals surface area contributed by atoms with Crippen LogP contribution < -0.4 is 5.32 Å². The van der Waals surface area contributed by atoms with Crippen LogP contribution in [0.25, 0.3) is 0 Å². The number of likely N-dealkylation sites (N-methyl/N-ethyl adjacent to an activating group) is 1. The fourth-order valence-electron chi connectivity index (χ4n) is 3.29. The average molecular weight is 406 g/mol. The SMILES string of the molecule is CC(C)c1cccc(C(C)C)c1NC(=O)CN(C)Cc1ccc(C(F)(F)F)cc1. The number of anilines is 1. The van der Waals surface area contributed by atoms with Crippen molar-refractivity contribution in [3.05, 3.63) is 64.7 Å². The number of carbonyl (C=O) groups excluding carboxylic acids is 1. The molecule has 0 aliphatic heterocycles. The van der Waals surface area contributed by atoms with Crippen LogP contribution in [0.3, 0.4) is 0 Å². The Kier molecular flexibility index (Phi) is 7.47. The highest BCUT2D eigenvalue weighted by Crippen LogP contribution is 2.32. The molecule has 0 heterocycles. The molecule has 0 fully saturated rings. The number of para-hydroxylation sites is 1. The van der Waals surface area contributed by atoms with E-state index < -0.39 is 11.7 Å². The molecular formula is C23H29F3N2O. The Balaban J connectivity index is 2.06. The molecule has 3 nitrogen and oxygen atoms in total. The molecule has 2 aromatic carbocycles. The second-order valence-electron chi connectivity index (χ2n) is 8.04. The van der Waals surface area contributed by atoms with E-state index >= 15 is 0 Å². The van der Waals surface area contributed by atoms with Gasteiger partial charge in [0.1, 0.15) is 0 Å². The molecule has 0 atom stereocenters. The van der Waals surface area contributed by atoms with Gasteiger partial charge in [-0.15, -0.1) is 0 Å². The lowest BCUT2D eigenvalue weighted by molar-refractivity contribution is -0.137. The number of carbonyl (C=O) groups is 1. The molecule has 2 aromatic rings. The summed E-state index contributed by atoms with van der Waals surface area (Å²) in [4.78, 5) is 14.4. The van der Waals surface area contributed by atoms with Crippen molar-refractivity contribution in [3.63, 3.8) is 0 Å². The number of benzene rings is 2. The van der Waals surface area contributed by atoms with Crippen LogP contribution in [-0.4, -0.2) is 24.4 Å². The number of alkyl halides is 3. The van der Waals surface area contributed by atoms with Gasteiger partial charge in [-0.25, -0.2) is 0 Å². The summed E-state index contributed by atoms with van der Waals surface area (Å²) in [6.07, 6.45) is -4.34. The van der Waals surface area contributed by atoms with Crippen molar-refractivity contribution in [2.45, 2.75) is 52.3 Å². The Labute approximate surface area is 170 Å². The van der Waals surface area contributed by atoms with E-state index in [2.05, 4.69) is 33.0 Å². The average Bonchev–Trinajstić information content (AvgIpc) is 2.60. The first kappa shape index (κ1) is 22.9. The summed E-state index contributed by atoms with van der Waals surface area (Å²) >= 11 is 0. The molecule has 0 aromatic heterocycles. The summed E-state index contributed by atoms with van der Waals surface area (Å²) in [5.41, 5.74) is 3.10. The van der Waals surface area contributed by atoms with Crippen LogP contribution in [0.1, 0.15) is 61.8 Å². The molecule has 0 spiro atoms. The first-order chi connectivity index (χ1) is 13.5. The zero-order chi connectivity index (χ0) is 21.8. The molecule has 1 amide bonds. The van der Waals surface area contributed by atoms with Gasteiger partial charge in [-0.05, 0) is 47.7 Å². The molecule has 0 radical (unpaired) electrons. The Hall–Kier alpha value is -2.34. The quantitative estimate of drug-likeness (QED) is 0.610. The highest BCUT2D eigenvalue weighted by atomic mass is 19.4. The molecule has 0 saturated carbocycles. The topological polar surface area (TPSA) is 32.3 Å². The minimum absolute atomic E-state index is 0.144. The van der Waals surface area contributed by atoms with Crippen LogP contribution >= 0.6 is 0 Å². The maximum Gasteiger partial charge on any atom is 0.416 e. The molecule has 1 N–H and O–H groups in total. The highest BCUT2D eigenvalue weighted by Gasteiger charge is 2.30. The van der Waals surface area contributed by atoms with Gasteiger partial charge in [0.25, 0.3) is 0 Å². The Morgan fingerprint density at radius 2 is 1.48 bits per heavy atom. The maximum atomic E-state index is 12.7. The number of nitrogens with zero attached hydrogens (tertiary/aromatic N) is 1. The third kappa shape index (κ3) is 6.32. The van der Waals surface area contributed by atoms with E-state index in [0.717, 1.165) is 34.5 Å². The van der Waals surface area contributed by atoms with Crippen molar-refractivity contribution in [2.24, 2.45) is 0 Å². The molecule has 0 saturated heterocycles. The van der Waals surface area contributed by atoms with Crippen molar-refractivity contribution in [1.82, 2.24) is 4.90 Å². The second-order valence-corrected chi connectivity index (χ2v) is 8.04. The zero-order valence-electron chi connectivity index (χ0n) is 17.6. The van der Waals surface area contributed by atoms with Gasteiger partial charge in [0.2, 0.25) is 5.91 Å². The summed E-state index contributed by atoms with van der Waals surface area (Å²) in [7, 11) is 1.77. The normalized spacial score (nSPS) is 12.1. The molecule has 6 heteroatoms. The molecule has 29 heavy (non-hydrogen) atoms. The number of amides is 1. The van der Waals surface area contributed by atoms with Gasteiger partial charge in [-0.2, -0.15) is 13.2 Å². The summed E-state index contributed by atoms with van der Waals surface area (Å²) in [5, 5.41) is 3.06. The fourth-order valence-corrected chi connectivity index (χ4v) is 3.29. The minimum atomic E-state index is -4.34. The monoisotopic (exact) mass is 406 g/mol. The predicted molar refractivity (Wildman–Crippen MR) is 111 cm³/mol. The molecular weight excluding hydrogens is 377 g/mol. The van der Waals surface area contributed by atoms with Crippen LogP contribution in [-0.2, 0) is 17.5 Å². The number of hydrogen-bond donors (Lipinski definition) is 1. The Morgan fingerprint density at radius 1 is 0.966 bits per heavy atom. The molecule has 2 rings (SSSR count). The fraction of sp³-hybridized carbons (Fsp3) is 0.435. The lowest BCUT2D eigenvalue weighted by atomic mass is 9.92. The van der Waals surface area contributed by atoms with Gasteiger partial charge in [0, 0.05) is 12.2 Å². The van der Waals surface area contributed by atoms with Crippen molar-refractivity contribution < 1.29 is 18.0 Å². The van der Waals surface area contributed by atoms with E-state index in [1.165, 1.54) is 12.1 Å². The Bertz CT molecular complexity index is 801. The van der Waals surface area contributed by atoms with Gasteiger partial charge in [0.15, 0.2) is 0 Å². The van der Waals surface area contributed by atoms with Crippen LogP contribution in [0.15, 0.2) is 42.5 Å². The lowest BCUT2D eigenvalue weighted by Crippen LogP contribution is -2.30. The summed E-state index contributed by atoms with van der Waals surface area (Å²) < 4.78 is 38.0. The first-order valence-electron chi connectivity index (χ1n) is 9.76. The summed E-state index contributed by atoms with van der Waals surface area (Å²) in [6.45, 7) is 8.88. The predicted octanol–water partition coefficient (Wildman–Crippen LogP) is 6.02. The number of halogens is 3.